The van der Waals surface area contributed by atoms with Crippen molar-refractivity contribution >= 4 is 5.69 Å². The molecule has 15 heavy (non-hydrogen) atoms. The molecule has 0 radical (unpaired) electrons. The highest BCUT2D eigenvalue weighted by Crippen LogP contribution is 2.10. The van der Waals surface area contributed by atoms with Gasteiger partial charge in [0.15, 0.2) is 0 Å². The van der Waals surface area contributed by atoms with Gasteiger partial charge < -0.3 is 10.3 Å². The number of nitrogens with one attached hydrogen (secondary N) is 2. The second-order valence-corrected chi connectivity index (χ2v) is 3.60. The molecular formula is C13H16N2. The zero-order valence-corrected chi connectivity index (χ0v) is 8.96. The van der Waals surface area contributed by atoms with E-state index < -0.39 is 0 Å². The van der Waals surface area contributed by atoms with Gasteiger partial charge in [-0.15, -0.1) is 0 Å². The van der Waals surface area contributed by atoms with Gasteiger partial charge in [0.05, 0.1) is 6.54 Å². The Labute approximate surface area is 90.3 Å². The minimum atomic E-state index is 0.846. The van der Waals surface area contributed by atoms with E-state index in [2.05, 4.69) is 47.6 Å². The highest BCUT2D eigenvalue weighted by Gasteiger charge is 1.94. The highest BCUT2D eigenvalue weighted by atomic mass is 14.9. The fourth-order valence-corrected chi connectivity index (χ4v) is 1.53. The molecule has 0 saturated heterocycles. The Bertz CT molecular complexity index is 387. The maximum Gasteiger partial charge on any atom is 0.0551 e. The molecule has 2 rings (SSSR count). The van der Waals surface area contributed by atoms with E-state index in [0.717, 1.165) is 13.0 Å². The summed E-state index contributed by atoms with van der Waals surface area (Å²) in [6.07, 6.45) is 3.04. The Morgan fingerprint density at radius 3 is 2.53 bits per heavy atom. The maximum atomic E-state index is 3.37. The van der Waals surface area contributed by atoms with Crippen LogP contribution >= 0.6 is 0 Å². The Morgan fingerprint density at radius 1 is 1.13 bits per heavy atom. The molecule has 1 aromatic carbocycles. The van der Waals surface area contributed by atoms with Crippen molar-refractivity contribution in [2.75, 3.05) is 5.32 Å². The van der Waals surface area contributed by atoms with Crippen molar-refractivity contribution in [3.8, 4) is 0 Å². The molecule has 0 fully saturated rings. The lowest BCUT2D eigenvalue weighted by Gasteiger charge is -2.05. The average Bonchev–Trinajstić information content (AvgIpc) is 2.80. The number of rotatable bonds is 4. The van der Waals surface area contributed by atoms with E-state index in [0.29, 0.717) is 0 Å². The molecule has 0 bridgehead atoms. The van der Waals surface area contributed by atoms with Crippen molar-refractivity contribution < 1.29 is 0 Å². The molecule has 0 unspecified atom stereocenters. The third kappa shape index (κ3) is 2.62. The van der Waals surface area contributed by atoms with Crippen LogP contribution in [0.5, 0.6) is 0 Å². The topological polar surface area (TPSA) is 27.8 Å². The van der Waals surface area contributed by atoms with Gasteiger partial charge in [-0.05, 0) is 36.2 Å². The van der Waals surface area contributed by atoms with Crippen LogP contribution in [0.2, 0.25) is 0 Å². The summed E-state index contributed by atoms with van der Waals surface area (Å²) in [6, 6.07) is 12.7. The van der Waals surface area contributed by atoms with Crippen LogP contribution in [-0.4, -0.2) is 4.98 Å². The summed E-state index contributed by atoms with van der Waals surface area (Å²) in [7, 11) is 0. The maximum absolute atomic E-state index is 3.37. The van der Waals surface area contributed by atoms with Crippen LogP contribution in [-0.2, 0) is 13.0 Å². The first kappa shape index (κ1) is 9.84. The van der Waals surface area contributed by atoms with Crippen LogP contribution in [0.3, 0.4) is 0 Å². The normalized spacial score (nSPS) is 10.2. The third-order valence-electron chi connectivity index (χ3n) is 2.51. The fourth-order valence-electron chi connectivity index (χ4n) is 1.53. The van der Waals surface area contributed by atoms with Gasteiger partial charge in [-0.1, -0.05) is 19.1 Å². The van der Waals surface area contributed by atoms with Crippen LogP contribution in [0.4, 0.5) is 5.69 Å². The number of hydrogen-bond donors (Lipinski definition) is 2. The van der Waals surface area contributed by atoms with Crippen LogP contribution in [0.25, 0.3) is 0 Å². The quantitative estimate of drug-likeness (QED) is 0.779. The fraction of sp³-hybridized carbons (Fsp3) is 0.231. The number of aromatic amines is 1. The molecule has 1 heterocycles. The molecule has 0 spiro atoms. The molecule has 0 aliphatic rings. The Balaban J connectivity index is 1.93. The monoisotopic (exact) mass is 200 g/mol. The Kier molecular flexibility index (Phi) is 3.08. The number of hydrogen-bond acceptors (Lipinski definition) is 1. The van der Waals surface area contributed by atoms with Crippen molar-refractivity contribution in [1.82, 2.24) is 4.98 Å². The molecular weight excluding hydrogens is 184 g/mol. The van der Waals surface area contributed by atoms with E-state index in [-0.39, 0.29) is 0 Å². The van der Waals surface area contributed by atoms with Crippen LogP contribution in [0.1, 0.15) is 18.2 Å². The summed E-state index contributed by atoms with van der Waals surface area (Å²) in [5.74, 6) is 0. The summed E-state index contributed by atoms with van der Waals surface area (Å²) in [5, 5.41) is 3.37. The van der Waals surface area contributed by atoms with Gasteiger partial charge in [0.2, 0.25) is 0 Å². The van der Waals surface area contributed by atoms with E-state index in [1.165, 1.54) is 16.9 Å². The lowest BCUT2D eigenvalue weighted by molar-refractivity contribution is 1.07. The molecule has 1 aromatic heterocycles. The molecule has 2 nitrogen and oxygen atoms in total. The summed E-state index contributed by atoms with van der Waals surface area (Å²) in [5.41, 5.74) is 3.75. The van der Waals surface area contributed by atoms with E-state index >= 15 is 0 Å². The van der Waals surface area contributed by atoms with Crippen LogP contribution in [0, 0.1) is 0 Å². The van der Waals surface area contributed by atoms with E-state index in [1.54, 1.807) is 0 Å². The molecule has 0 saturated carbocycles. The minimum absolute atomic E-state index is 0.846. The molecule has 0 atom stereocenters. The van der Waals surface area contributed by atoms with E-state index in [4.69, 9.17) is 0 Å². The van der Waals surface area contributed by atoms with Gasteiger partial charge in [-0.2, -0.15) is 0 Å². The summed E-state index contributed by atoms with van der Waals surface area (Å²) in [4.78, 5) is 3.17. The zero-order chi connectivity index (χ0) is 10.5. The predicted octanol–water partition coefficient (Wildman–Crippen LogP) is 3.19. The molecule has 78 valence electrons. The second kappa shape index (κ2) is 4.69. The van der Waals surface area contributed by atoms with Crippen molar-refractivity contribution in [3.63, 3.8) is 0 Å². The number of anilines is 1. The van der Waals surface area contributed by atoms with Crippen molar-refractivity contribution in [2.45, 2.75) is 19.9 Å². The summed E-state index contributed by atoms with van der Waals surface area (Å²) >= 11 is 0. The molecule has 0 aliphatic carbocycles. The highest BCUT2D eigenvalue weighted by molar-refractivity contribution is 5.44. The van der Waals surface area contributed by atoms with E-state index in [1.807, 2.05) is 12.3 Å². The average molecular weight is 200 g/mol. The van der Waals surface area contributed by atoms with Gasteiger partial charge in [0.1, 0.15) is 0 Å². The third-order valence-corrected chi connectivity index (χ3v) is 2.51. The van der Waals surface area contributed by atoms with Gasteiger partial charge in [0.25, 0.3) is 0 Å². The van der Waals surface area contributed by atoms with Crippen molar-refractivity contribution in [2.24, 2.45) is 0 Å². The zero-order valence-electron chi connectivity index (χ0n) is 8.96. The van der Waals surface area contributed by atoms with E-state index in [9.17, 15) is 0 Å². The van der Waals surface area contributed by atoms with Crippen LogP contribution < -0.4 is 5.32 Å². The molecule has 0 aliphatic heterocycles. The number of H-pyrrole nitrogens is 1. The van der Waals surface area contributed by atoms with Gasteiger partial charge >= 0.3 is 0 Å². The largest absolute Gasteiger partial charge is 0.379 e. The Morgan fingerprint density at radius 2 is 1.93 bits per heavy atom. The molecule has 0 amide bonds. The number of benzene rings is 1. The molecule has 2 N–H and O–H groups in total. The van der Waals surface area contributed by atoms with Gasteiger partial charge in [0, 0.05) is 17.6 Å². The first-order chi connectivity index (χ1) is 7.38. The lowest BCUT2D eigenvalue weighted by Crippen LogP contribution is -1.99. The number of aromatic nitrogens is 1. The van der Waals surface area contributed by atoms with Crippen molar-refractivity contribution in [1.29, 1.82) is 0 Å². The predicted molar refractivity (Wildman–Crippen MR) is 63.9 cm³/mol. The van der Waals surface area contributed by atoms with Crippen molar-refractivity contribution in [3.05, 3.63) is 53.9 Å². The summed E-state index contributed by atoms with van der Waals surface area (Å²) in [6.45, 7) is 3.01. The molecule has 2 aromatic rings. The van der Waals surface area contributed by atoms with Gasteiger partial charge in [-0.25, -0.2) is 0 Å². The summed E-state index contributed by atoms with van der Waals surface area (Å²) < 4.78 is 0. The number of aryl methyl sites for hydroxylation is 1. The minimum Gasteiger partial charge on any atom is -0.379 e. The SMILES string of the molecule is CCc1ccc(NCc2ccc[nH]2)cc1. The first-order valence-corrected chi connectivity index (χ1v) is 5.33. The molecule has 2 heteroatoms. The standard InChI is InChI=1S/C13H16N2/c1-2-11-5-7-12(8-6-11)15-10-13-4-3-9-14-13/h3-9,14-15H,2,10H2,1H3. The first-order valence-electron chi connectivity index (χ1n) is 5.33. The van der Waals surface area contributed by atoms with Crippen LogP contribution in [0.15, 0.2) is 42.6 Å². The van der Waals surface area contributed by atoms with Gasteiger partial charge in [-0.3, -0.25) is 0 Å². The second-order valence-electron chi connectivity index (χ2n) is 3.60. The smallest absolute Gasteiger partial charge is 0.0551 e. The Hall–Kier alpha value is -1.70. The lowest BCUT2D eigenvalue weighted by atomic mass is 10.1.